The number of nitrogens with one attached hydrogen (secondary N) is 1. The van der Waals surface area contributed by atoms with E-state index in [0.29, 0.717) is 0 Å². The number of hydrogen-bond acceptors (Lipinski definition) is 3. The Morgan fingerprint density at radius 1 is 1.25 bits per heavy atom. The summed E-state index contributed by atoms with van der Waals surface area (Å²) in [6, 6.07) is 10.2. The molecule has 1 aliphatic heterocycles. The lowest BCUT2D eigenvalue weighted by molar-refractivity contribution is 0.708. The molecule has 0 bridgehead atoms. The first-order valence-electron chi connectivity index (χ1n) is 4.04. The van der Waals surface area contributed by atoms with Crippen LogP contribution < -0.4 is 10.3 Å². The molecule has 0 aliphatic carbocycles. The van der Waals surface area contributed by atoms with Crippen molar-refractivity contribution in [3.8, 4) is 0 Å². The molecule has 0 saturated heterocycles. The summed E-state index contributed by atoms with van der Waals surface area (Å²) in [6.45, 7) is 1.89. The highest BCUT2D eigenvalue weighted by Gasteiger charge is 2.04. The van der Waals surface area contributed by atoms with Gasteiger partial charge in [-0.25, -0.2) is 0 Å². The van der Waals surface area contributed by atoms with Crippen molar-refractivity contribution < 1.29 is 0 Å². The lowest BCUT2D eigenvalue weighted by Gasteiger charge is -2.22. The van der Waals surface area contributed by atoms with Crippen molar-refractivity contribution in [3.63, 3.8) is 0 Å². The number of hydrazone groups is 1. The second-order valence-electron chi connectivity index (χ2n) is 2.68. The molecule has 62 valence electrons. The molecule has 0 fully saturated rings. The monoisotopic (exact) mass is 161 g/mol. The average molecular weight is 161 g/mol. The van der Waals surface area contributed by atoms with E-state index in [0.717, 1.165) is 13.1 Å². The fourth-order valence-corrected chi connectivity index (χ4v) is 1.22. The fourth-order valence-electron chi connectivity index (χ4n) is 1.22. The van der Waals surface area contributed by atoms with Crippen LogP contribution in [-0.4, -0.2) is 19.4 Å². The zero-order chi connectivity index (χ0) is 8.23. The number of benzene rings is 1. The van der Waals surface area contributed by atoms with Crippen molar-refractivity contribution in [2.24, 2.45) is 5.10 Å². The van der Waals surface area contributed by atoms with Gasteiger partial charge >= 0.3 is 0 Å². The zero-order valence-corrected chi connectivity index (χ0v) is 6.77. The van der Waals surface area contributed by atoms with Crippen LogP contribution in [-0.2, 0) is 0 Å². The van der Waals surface area contributed by atoms with E-state index in [1.807, 2.05) is 24.5 Å². The van der Waals surface area contributed by atoms with E-state index in [1.165, 1.54) is 5.69 Å². The summed E-state index contributed by atoms with van der Waals surface area (Å²) in [6.07, 6.45) is 1.82. The fraction of sp³-hybridized carbons (Fsp3) is 0.222. The van der Waals surface area contributed by atoms with Gasteiger partial charge in [-0.2, -0.15) is 5.10 Å². The number of hydrogen-bond donors (Lipinski definition) is 1. The Morgan fingerprint density at radius 3 is 2.75 bits per heavy atom. The lowest BCUT2D eigenvalue weighted by Crippen LogP contribution is -2.34. The van der Waals surface area contributed by atoms with E-state index in [-0.39, 0.29) is 0 Å². The largest absolute Gasteiger partial charge is 0.329 e. The molecule has 0 amide bonds. The third kappa shape index (κ3) is 1.39. The van der Waals surface area contributed by atoms with Gasteiger partial charge in [0, 0.05) is 12.2 Å². The minimum atomic E-state index is 0.908. The highest BCUT2D eigenvalue weighted by Crippen LogP contribution is 2.11. The van der Waals surface area contributed by atoms with Crippen LogP contribution in [0.5, 0.6) is 0 Å². The molecule has 1 aromatic rings. The van der Waals surface area contributed by atoms with Crippen molar-refractivity contribution in [2.75, 3.05) is 18.0 Å². The van der Waals surface area contributed by atoms with E-state index < -0.39 is 0 Å². The van der Waals surface area contributed by atoms with Crippen LogP contribution in [0.1, 0.15) is 0 Å². The highest BCUT2D eigenvalue weighted by molar-refractivity contribution is 5.79. The first-order chi connectivity index (χ1) is 5.97. The van der Waals surface area contributed by atoms with E-state index in [9.17, 15) is 0 Å². The Morgan fingerprint density at radius 2 is 2.08 bits per heavy atom. The molecular formula is C9H11N3. The average Bonchev–Trinajstić information content (AvgIpc) is 2.21. The number of rotatable bonds is 1. The van der Waals surface area contributed by atoms with Crippen LogP contribution in [0.3, 0.4) is 0 Å². The van der Waals surface area contributed by atoms with Gasteiger partial charge in [0.25, 0.3) is 0 Å². The summed E-state index contributed by atoms with van der Waals surface area (Å²) in [5, 5.41) is 3.99. The second-order valence-corrected chi connectivity index (χ2v) is 2.68. The summed E-state index contributed by atoms with van der Waals surface area (Å²) < 4.78 is 0. The van der Waals surface area contributed by atoms with E-state index in [1.54, 1.807) is 0 Å². The van der Waals surface area contributed by atoms with Gasteiger partial charge in [-0.15, -0.1) is 0 Å². The molecule has 3 heteroatoms. The summed E-state index contributed by atoms with van der Waals surface area (Å²) >= 11 is 0. The first kappa shape index (κ1) is 7.16. The molecule has 0 radical (unpaired) electrons. The third-order valence-electron chi connectivity index (χ3n) is 1.84. The summed E-state index contributed by atoms with van der Waals surface area (Å²) in [4.78, 5) is 2.12. The van der Waals surface area contributed by atoms with E-state index in [4.69, 9.17) is 0 Å². The van der Waals surface area contributed by atoms with Gasteiger partial charge < -0.3 is 10.3 Å². The summed E-state index contributed by atoms with van der Waals surface area (Å²) in [5.74, 6) is 0. The van der Waals surface area contributed by atoms with Crippen LogP contribution in [0, 0.1) is 0 Å². The molecule has 0 spiro atoms. The van der Waals surface area contributed by atoms with E-state index in [2.05, 4.69) is 27.6 Å². The molecule has 3 nitrogen and oxygen atoms in total. The molecule has 0 aromatic heterocycles. The minimum absolute atomic E-state index is 0.908. The molecule has 1 N–H and O–H groups in total. The van der Waals surface area contributed by atoms with Gasteiger partial charge in [-0.1, -0.05) is 18.2 Å². The quantitative estimate of drug-likeness (QED) is 0.666. The smallest absolute Gasteiger partial charge is 0.115 e. The molecule has 0 unspecified atom stereocenters. The highest BCUT2D eigenvalue weighted by atomic mass is 15.4. The molecular weight excluding hydrogens is 150 g/mol. The Hall–Kier alpha value is -1.51. The Bertz CT molecular complexity index is 268. The van der Waals surface area contributed by atoms with Gasteiger partial charge in [0.05, 0.1) is 6.54 Å². The molecule has 12 heavy (non-hydrogen) atoms. The Kier molecular flexibility index (Phi) is 1.94. The minimum Gasteiger partial charge on any atom is -0.329 e. The molecule has 2 rings (SSSR count). The summed E-state index contributed by atoms with van der Waals surface area (Å²) in [5.41, 5.74) is 4.11. The SMILES string of the molecule is C1=NNCCN1c1ccccc1. The molecule has 1 aliphatic rings. The number of nitrogens with zero attached hydrogens (tertiary/aromatic N) is 2. The predicted octanol–water partition coefficient (Wildman–Crippen LogP) is 1.04. The number of para-hydroxylation sites is 1. The van der Waals surface area contributed by atoms with Crippen molar-refractivity contribution in [1.82, 2.24) is 5.43 Å². The maximum atomic E-state index is 3.99. The summed E-state index contributed by atoms with van der Waals surface area (Å²) in [7, 11) is 0. The maximum absolute atomic E-state index is 3.99. The predicted molar refractivity (Wildman–Crippen MR) is 50.3 cm³/mol. The van der Waals surface area contributed by atoms with Gasteiger partial charge in [0.2, 0.25) is 0 Å². The molecule has 0 atom stereocenters. The van der Waals surface area contributed by atoms with Crippen LogP contribution >= 0.6 is 0 Å². The van der Waals surface area contributed by atoms with Crippen molar-refractivity contribution in [1.29, 1.82) is 0 Å². The van der Waals surface area contributed by atoms with Gasteiger partial charge in [0.1, 0.15) is 6.34 Å². The third-order valence-corrected chi connectivity index (χ3v) is 1.84. The topological polar surface area (TPSA) is 27.6 Å². The van der Waals surface area contributed by atoms with Crippen LogP contribution in [0.2, 0.25) is 0 Å². The van der Waals surface area contributed by atoms with Crippen LogP contribution in [0.15, 0.2) is 35.4 Å². The number of anilines is 1. The maximum Gasteiger partial charge on any atom is 0.115 e. The Labute approximate surface area is 71.7 Å². The second kappa shape index (κ2) is 3.26. The standard InChI is InChI=1S/C9H11N3/c1-2-4-9(5-3-1)12-7-6-10-11-8-12/h1-5,8,10H,6-7H2. The molecule has 1 heterocycles. The first-order valence-corrected chi connectivity index (χ1v) is 4.04. The van der Waals surface area contributed by atoms with Crippen LogP contribution in [0.4, 0.5) is 5.69 Å². The normalized spacial score (nSPS) is 15.8. The molecule has 0 saturated carbocycles. The Balaban J connectivity index is 2.19. The van der Waals surface area contributed by atoms with Crippen molar-refractivity contribution >= 4 is 12.0 Å². The van der Waals surface area contributed by atoms with Gasteiger partial charge in [-0.05, 0) is 12.1 Å². The zero-order valence-electron chi connectivity index (χ0n) is 6.77. The van der Waals surface area contributed by atoms with Crippen LogP contribution in [0.25, 0.3) is 0 Å². The van der Waals surface area contributed by atoms with Crippen molar-refractivity contribution in [2.45, 2.75) is 0 Å². The van der Waals surface area contributed by atoms with Crippen molar-refractivity contribution in [3.05, 3.63) is 30.3 Å². The molecule has 1 aromatic carbocycles. The van der Waals surface area contributed by atoms with Gasteiger partial charge in [0.15, 0.2) is 0 Å². The van der Waals surface area contributed by atoms with E-state index >= 15 is 0 Å². The lowest BCUT2D eigenvalue weighted by atomic mass is 10.3. The van der Waals surface area contributed by atoms with Gasteiger partial charge in [-0.3, -0.25) is 0 Å².